The standard InChI is InChI=1S/C16H16N4O2/c1-21-14-8-11(16(17)18)5-6-13(14)22-10-12-9-20-7-3-2-4-15(20)19-12/h2-9H,10H2,1H3,(H3,17,18). The number of fused-ring (bicyclic) bond motifs is 1. The van der Waals surface area contributed by atoms with Crippen LogP contribution in [0.5, 0.6) is 11.5 Å². The van der Waals surface area contributed by atoms with E-state index in [9.17, 15) is 0 Å². The summed E-state index contributed by atoms with van der Waals surface area (Å²) >= 11 is 0. The highest BCUT2D eigenvalue weighted by Gasteiger charge is 2.09. The molecule has 0 unspecified atom stereocenters. The molecule has 6 heteroatoms. The maximum Gasteiger partial charge on any atom is 0.161 e. The lowest BCUT2D eigenvalue weighted by Gasteiger charge is -2.11. The van der Waals surface area contributed by atoms with Crippen LogP contribution >= 0.6 is 0 Å². The van der Waals surface area contributed by atoms with Gasteiger partial charge in [0.25, 0.3) is 0 Å². The van der Waals surface area contributed by atoms with Crippen molar-refractivity contribution >= 4 is 11.5 Å². The molecule has 1 aromatic carbocycles. The Labute approximate surface area is 127 Å². The van der Waals surface area contributed by atoms with Crippen LogP contribution in [0, 0.1) is 5.41 Å². The van der Waals surface area contributed by atoms with Gasteiger partial charge in [-0.2, -0.15) is 0 Å². The van der Waals surface area contributed by atoms with Crippen LogP contribution in [0.4, 0.5) is 0 Å². The predicted molar refractivity (Wildman–Crippen MR) is 83.5 cm³/mol. The number of nitrogen functional groups attached to an aromatic ring is 1. The number of amidine groups is 1. The minimum atomic E-state index is -0.00907. The molecule has 0 aliphatic heterocycles. The van der Waals surface area contributed by atoms with E-state index in [1.807, 2.05) is 35.0 Å². The first kappa shape index (κ1) is 13.9. The van der Waals surface area contributed by atoms with Crippen molar-refractivity contribution in [2.45, 2.75) is 6.61 Å². The first-order chi connectivity index (χ1) is 10.7. The van der Waals surface area contributed by atoms with Crippen molar-refractivity contribution in [1.29, 1.82) is 5.41 Å². The Morgan fingerprint density at radius 2 is 2.14 bits per heavy atom. The van der Waals surface area contributed by atoms with Gasteiger partial charge in [-0.05, 0) is 30.3 Å². The first-order valence-corrected chi connectivity index (χ1v) is 6.75. The number of nitrogens with two attached hydrogens (primary N) is 1. The van der Waals surface area contributed by atoms with Gasteiger partial charge >= 0.3 is 0 Å². The molecule has 3 aromatic rings. The third-order valence-corrected chi connectivity index (χ3v) is 3.26. The van der Waals surface area contributed by atoms with E-state index in [1.54, 1.807) is 25.3 Å². The number of nitrogens with one attached hydrogen (secondary N) is 1. The van der Waals surface area contributed by atoms with E-state index in [0.717, 1.165) is 11.3 Å². The van der Waals surface area contributed by atoms with Crippen molar-refractivity contribution in [2.75, 3.05) is 7.11 Å². The average Bonchev–Trinajstić information content (AvgIpc) is 2.95. The Morgan fingerprint density at radius 1 is 1.27 bits per heavy atom. The van der Waals surface area contributed by atoms with Gasteiger partial charge in [-0.3, -0.25) is 5.41 Å². The summed E-state index contributed by atoms with van der Waals surface area (Å²) < 4.78 is 13.0. The molecule has 6 nitrogen and oxygen atoms in total. The van der Waals surface area contributed by atoms with Gasteiger partial charge in [-0.1, -0.05) is 6.07 Å². The zero-order valence-corrected chi connectivity index (χ0v) is 12.1. The van der Waals surface area contributed by atoms with Crippen LogP contribution in [-0.2, 0) is 6.61 Å². The molecule has 0 saturated carbocycles. The lowest BCUT2D eigenvalue weighted by molar-refractivity contribution is 0.281. The summed E-state index contributed by atoms with van der Waals surface area (Å²) in [6.45, 7) is 0.331. The number of ether oxygens (including phenoxy) is 2. The van der Waals surface area contributed by atoms with Gasteiger partial charge in [0.2, 0.25) is 0 Å². The van der Waals surface area contributed by atoms with Crippen LogP contribution in [0.25, 0.3) is 5.65 Å². The van der Waals surface area contributed by atoms with Crippen LogP contribution in [0.2, 0.25) is 0 Å². The van der Waals surface area contributed by atoms with Crippen LogP contribution in [0.15, 0.2) is 48.8 Å². The number of hydrogen-bond donors (Lipinski definition) is 2. The molecule has 112 valence electrons. The Morgan fingerprint density at radius 3 is 2.86 bits per heavy atom. The SMILES string of the molecule is COc1cc(C(=N)N)ccc1OCc1cn2ccccc2n1. The minimum absolute atomic E-state index is 0.00907. The number of aromatic nitrogens is 2. The smallest absolute Gasteiger partial charge is 0.161 e. The molecule has 3 N–H and O–H groups in total. The highest BCUT2D eigenvalue weighted by atomic mass is 16.5. The van der Waals surface area contributed by atoms with Gasteiger partial charge in [0, 0.05) is 18.0 Å². The van der Waals surface area contributed by atoms with Crippen LogP contribution in [0.3, 0.4) is 0 Å². The molecule has 3 rings (SSSR count). The van der Waals surface area contributed by atoms with E-state index >= 15 is 0 Å². The maximum absolute atomic E-state index is 7.44. The normalized spacial score (nSPS) is 10.6. The van der Waals surface area contributed by atoms with Gasteiger partial charge in [-0.25, -0.2) is 4.98 Å². The van der Waals surface area contributed by atoms with E-state index in [-0.39, 0.29) is 5.84 Å². The summed E-state index contributed by atoms with van der Waals surface area (Å²) in [5.74, 6) is 1.12. The van der Waals surface area contributed by atoms with Gasteiger partial charge < -0.3 is 19.6 Å². The second-order valence-corrected chi connectivity index (χ2v) is 4.77. The molecular formula is C16H16N4O2. The summed E-state index contributed by atoms with van der Waals surface area (Å²) in [5.41, 5.74) is 7.76. The number of imidazole rings is 1. The minimum Gasteiger partial charge on any atom is -0.493 e. The molecule has 0 radical (unpaired) electrons. The number of rotatable bonds is 5. The highest BCUT2D eigenvalue weighted by molar-refractivity contribution is 5.95. The third-order valence-electron chi connectivity index (χ3n) is 3.26. The zero-order chi connectivity index (χ0) is 15.5. The lowest BCUT2D eigenvalue weighted by Crippen LogP contribution is -2.11. The molecule has 2 aromatic heterocycles. The molecule has 0 fully saturated rings. The van der Waals surface area contributed by atoms with Crippen molar-refractivity contribution < 1.29 is 9.47 Å². The summed E-state index contributed by atoms with van der Waals surface area (Å²) in [6, 6.07) is 11.0. The number of hydrogen-bond acceptors (Lipinski definition) is 4. The molecule has 0 atom stereocenters. The molecular weight excluding hydrogens is 280 g/mol. The Balaban J connectivity index is 1.79. The Hall–Kier alpha value is -3.02. The van der Waals surface area contributed by atoms with Crippen molar-refractivity contribution in [3.05, 3.63) is 60.0 Å². The van der Waals surface area contributed by atoms with Crippen molar-refractivity contribution in [2.24, 2.45) is 5.73 Å². The van der Waals surface area contributed by atoms with Crippen LogP contribution < -0.4 is 15.2 Å². The predicted octanol–water partition coefficient (Wildman–Crippen LogP) is 2.21. The molecule has 0 spiro atoms. The second kappa shape index (κ2) is 5.77. The fraction of sp³-hybridized carbons (Fsp3) is 0.125. The van der Waals surface area contributed by atoms with Gasteiger partial charge in [0.15, 0.2) is 11.5 Å². The Kier molecular flexibility index (Phi) is 3.65. The summed E-state index contributed by atoms with van der Waals surface area (Å²) in [7, 11) is 1.55. The summed E-state index contributed by atoms with van der Waals surface area (Å²) in [5, 5.41) is 7.44. The number of benzene rings is 1. The van der Waals surface area contributed by atoms with Crippen LogP contribution in [0.1, 0.15) is 11.3 Å². The van der Waals surface area contributed by atoms with Gasteiger partial charge in [-0.15, -0.1) is 0 Å². The maximum atomic E-state index is 7.44. The van der Waals surface area contributed by atoms with E-state index in [2.05, 4.69) is 4.98 Å². The third kappa shape index (κ3) is 2.71. The molecule has 0 bridgehead atoms. The molecule has 0 saturated heterocycles. The lowest BCUT2D eigenvalue weighted by atomic mass is 10.2. The fourth-order valence-electron chi connectivity index (χ4n) is 2.16. The van der Waals surface area contributed by atoms with Gasteiger partial charge in [0.05, 0.1) is 12.8 Å². The van der Waals surface area contributed by atoms with E-state index in [4.69, 9.17) is 20.6 Å². The zero-order valence-electron chi connectivity index (χ0n) is 12.1. The molecule has 0 amide bonds. The molecule has 0 aliphatic carbocycles. The largest absolute Gasteiger partial charge is 0.493 e. The summed E-state index contributed by atoms with van der Waals surface area (Å²) in [6.07, 6.45) is 3.86. The van der Waals surface area contributed by atoms with Gasteiger partial charge in [0.1, 0.15) is 18.1 Å². The van der Waals surface area contributed by atoms with E-state index in [1.165, 1.54) is 0 Å². The first-order valence-electron chi connectivity index (χ1n) is 6.75. The average molecular weight is 296 g/mol. The molecule has 0 aliphatic rings. The fourth-order valence-corrected chi connectivity index (χ4v) is 2.16. The van der Waals surface area contributed by atoms with Crippen molar-refractivity contribution in [1.82, 2.24) is 9.38 Å². The van der Waals surface area contributed by atoms with E-state index < -0.39 is 0 Å². The number of methoxy groups -OCH3 is 1. The second-order valence-electron chi connectivity index (χ2n) is 4.77. The van der Waals surface area contributed by atoms with Crippen molar-refractivity contribution in [3.8, 4) is 11.5 Å². The number of nitrogens with zero attached hydrogens (tertiary/aromatic N) is 2. The number of pyridine rings is 1. The van der Waals surface area contributed by atoms with E-state index in [0.29, 0.717) is 23.7 Å². The highest BCUT2D eigenvalue weighted by Crippen LogP contribution is 2.28. The molecule has 22 heavy (non-hydrogen) atoms. The quantitative estimate of drug-likeness (QED) is 0.558. The Bertz CT molecular complexity index is 793. The topological polar surface area (TPSA) is 85.6 Å². The van der Waals surface area contributed by atoms with Crippen molar-refractivity contribution in [3.63, 3.8) is 0 Å². The summed E-state index contributed by atoms with van der Waals surface area (Å²) in [4.78, 5) is 4.47. The van der Waals surface area contributed by atoms with Crippen LogP contribution in [-0.4, -0.2) is 22.3 Å². The monoisotopic (exact) mass is 296 g/mol. The molecule has 2 heterocycles.